The Hall–Kier alpha value is -0.110. The van der Waals surface area contributed by atoms with Crippen LogP contribution in [-0.2, 0) is 4.74 Å². The lowest BCUT2D eigenvalue weighted by Gasteiger charge is -2.11. The molecule has 2 atom stereocenters. The van der Waals surface area contributed by atoms with Crippen LogP contribution in [0.1, 0.15) is 20.3 Å². The van der Waals surface area contributed by atoms with E-state index < -0.39 is 0 Å². The molecule has 0 N–H and O–H groups in total. The van der Waals surface area contributed by atoms with E-state index in [2.05, 4.69) is 25.6 Å². The zero-order chi connectivity index (χ0) is 6.85. The Morgan fingerprint density at radius 3 is 2.67 bits per heavy atom. The van der Waals surface area contributed by atoms with Gasteiger partial charge >= 0.3 is 0 Å². The van der Waals surface area contributed by atoms with Gasteiger partial charge in [0.15, 0.2) is 0 Å². The molecule has 1 heterocycles. The second-order valence-electron chi connectivity index (χ2n) is 2.33. The monoisotopic (exact) mass is 144 g/mol. The van der Waals surface area contributed by atoms with Crippen molar-refractivity contribution in [2.75, 3.05) is 0 Å². The third-order valence-electron chi connectivity index (χ3n) is 1.53. The molecule has 52 valence electrons. The smallest absolute Gasteiger partial charge is 0.113 e. The highest BCUT2D eigenvalue weighted by Crippen LogP contribution is 2.23. The number of thiol groups is 1. The van der Waals surface area contributed by atoms with Gasteiger partial charge in [-0.2, -0.15) is 12.6 Å². The van der Waals surface area contributed by atoms with Crippen LogP contribution in [0.15, 0.2) is 11.8 Å². The zero-order valence-corrected chi connectivity index (χ0v) is 6.69. The molecule has 2 heteroatoms. The summed E-state index contributed by atoms with van der Waals surface area (Å²) >= 11 is 4.33. The van der Waals surface area contributed by atoms with Gasteiger partial charge in [-0.3, -0.25) is 0 Å². The summed E-state index contributed by atoms with van der Waals surface area (Å²) in [6, 6.07) is 0. The molecule has 1 nitrogen and oxygen atoms in total. The van der Waals surface area contributed by atoms with Gasteiger partial charge < -0.3 is 4.74 Å². The molecular weight excluding hydrogens is 132 g/mol. The SMILES string of the molecule is CCC1OC(C)=CC1S. The lowest BCUT2D eigenvalue weighted by atomic mass is 10.2. The van der Waals surface area contributed by atoms with Gasteiger partial charge in [0.25, 0.3) is 0 Å². The predicted molar refractivity (Wildman–Crippen MR) is 41.7 cm³/mol. The van der Waals surface area contributed by atoms with Crippen molar-refractivity contribution < 1.29 is 4.74 Å². The molecule has 0 aromatic rings. The van der Waals surface area contributed by atoms with E-state index in [9.17, 15) is 0 Å². The first-order chi connectivity index (χ1) is 4.24. The van der Waals surface area contributed by atoms with Crippen molar-refractivity contribution in [3.8, 4) is 0 Å². The average molecular weight is 144 g/mol. The van der Waals surface area contributed by atoms with Gasteiger partial charge in [-0.1, -0.05) is 6.92 Å². The van der Waals surface area contributed by atoms with Crippen LogP contribution < -0.4 is 0 Å². The van der Waals surface area contributed by atoms with E-state index in [4.69, 9.17) is 4.74 Å². The normalized spacial score (nSPS) is 33.9. The van der Waals surface area contributed by atoms with Crippen LogP contribution in [0.25, 0.3) is 0 Å². The van der Waals surface area contributed by atoms with Gasteiger partial charge in [-0.15, -0.1) is 0 Å². The van der Waals surface area contributed by atoms with E-state index in [1.165, 1.54) is 0 Å². The Morgan fingerprint density at radius 2 is 2.44 bits per heavy atom. The molecule has 1 aliphatic heterocycles. The maximum atomic E-state index is 5.41. The average Bonchev–Trinajstić information content (AvgIpc) is 2.10. The van der Waals surface area contributed by atoms with Gasteiger partial charge in [0.05, 0.1) is 11.0 Å². The molecule has 0 aliphatic carbocycles. The van der Waals surface area contributed by atoms with Crippen LogP contribution in [0, 0.1) is 0 Å². The van der Waals surface area contributed by atoms with Crippen molar-refractivity contribution in [1.82, 2.24) is 0 Å². The lowest BCUT2D eigenvalue weighted by molar-refractivity contribution is 0.145. The fourth-order valence-electron chi connectivity index (χ4n) is 1.02. The van der Waals surface area contributed by atoms with Gasteiger partial charge in [0, 0.05) is 0 Å². The van der Waals surface area contributed by atoms with Crippen LogP contribution >= 0.6 is 12.6 Å². The van der Waals surface area contributed by atoms with Crippen molar-refractivity contribution in [1.29, 1.82) is 0 Å². The zero-order valence-electron chi connectivity index (χ0n) is 5.79. The van der Waals surface area contributed by atoms with E-state index in [1.807, 2.05) is 6.92 Å². The highest BCUT2D eigenvalue weighted by molar-refractivity contribution is 7.81. The maximum Gasteiger partial charge on any atom is 0.113 e. The standard InChI is InChI=1S/C7H12OS/c1-3-6-7(9)4-5(2)8-6/h4,6-7,9H,3H2,1-2H3. The van der Waals surface area contributed by atoms with E-state index >= 15 is 0 Å². The Kier molecular flexibility index (Phi) is 2.06. The summed E-state index contributed by atoms with van der Waals surface area (Å²) in [5, 5.41) is 0.315. The van der Waals surface area contributed by atoms with E-state index in [-0.39, 0.29) is 0 Å². The van der Waals surface area contributed by atoms with Crippen molar-refractivity contribution in [3.63, 3.8) is 0 Å². The highest BCUT2D eigenvalue weighted by Gasteiger charge is 2.21. The molecule has 0 spiro atoms. The third-order valence-corrected chi connectivity index (χ3v) is 2.01. The summed E-state index contributed by atoms with van der Waals surface area (Å²) in [6.45, 7) is 4.08. The predicted octanol–water partition coefficient (Wildman–Crippen LogP) is 2.00. The van der Waals surface area contributed by atoms with Crippen molar-refractivity contribution in [3.05, 3.63) is 11.8 Å². The summed E-state index contributed by atoms with van der Waals surface area (Å²) in [5.74, 6) is 1.02. The van der Waals surface area contributed by atoms with Crippen molar-refractivity contribution in [2.45, 2.75) is 31.6 Å². The molecule has 0 radical (unpaired) electrons. The third kappa shape index (κ3) is 1.42. The molecule has 0 amide bonds. The molecule has 0 bridgehead atoms. The molecular formula is C7H12OS. The Labute approximate surface area is 61.5 Å². The second kappa shape index (κ2) is 2.65. The highest BCUT2D eigenvalue weighted by atomic mass is 32.1. The Morgan fingerprint density at radius 1 is 1.78 bits per heavy atom. The summed E-state index contributed by atoms with van der Waals surface area (Å²) in [7, 11) is 0. The van der Waals surface area contributed by atoms with Gasteiger partial charge in [0.2, 0.25) is 0 Å². The Bertz CT molecular complexity index is 131. The summed E-state index contributed by atoms with van der Waals surface area (Å²) in [5.41, 5.74) is 0. The molecule has 0 aromatic carbocycles. The molecule has 2 unspecified atom stereocenters. The first-order valence-electron chi connectivity index (χ1n) is 3.27. The fourth-order valence-corrected chi connectivity index (χ4v) is 1.50. The van der Waals surface area contributed by atoms with Crippen LogP contribution in [-0.4, -0.2) is 11.4 Å². The molecule has 9 heavy (non-hydrogen) atoms. The number of hydrogen-bond acceptors (Lipinski definition) is 2. The van der Waals surface area contributed by atoms with E-state index in [1.54, 1.807) is 0 Å². The van der Waals surface area contributed by atoms with Crippen LogP contribution in [0.5, 0.6) is 0 Å². The molecule has 0 fully saturated rings. The van der Waals surface area contributed by atoms with Crippen LogP contribution in [0.4, 0.5) is 0 Å². The lowest BCUT2D eigenvalue weighted by Crippen LogP contribution is -2.14. The quantitative estimate of drug-likeness (QED) is 0.554. The van der Waals surface area contributed by atoms with Gasteiger partial charge in [-0.05, 0) is 19.4 Å². The number of ether oxygens (including phenoxy) is 1. The van der Waals surface area contributed by atoms with Crippen molar-refractivity contribution >= 4 is 12.6 Å². The first kappa shape index (κ1) is 7.00. The summed E-state index contributed by atoms with van der Waals surface area (Å²) in [4.78, 5) is 0. The minimum absolute atomic E-state index is 0.313. The molecule has 0 aromatic heterocycles. The minimum Gasteiger partial charge on any atom is -0.494 e. The van der Waals surface area contributed by atoms with Gasteiger partial charge in [0.1, 0.15) is 6.10 Å². The second-order valence-corrected chi connectivity index (χ2v) is 2.93. The molecule has 0 saturated carbocycles. The molecule has 1 rings (SSSR count). The summed E-state index contributed by atoms with van der Waals surface area (Å²) in [6.07, 6.45) is 3.41. The fraction of sp³-hybridized carbons (Fsp3) is 0.714. The number of rotatable bonds is 1. The Balaban J connectivity index is 2.49. The van der Waals surface area contributed by atoms with Crippen LogP contribution in [0.3, 0.4) is 0 Å². The van der Waals surface area contributed by atoms with E-state index in [0.717, 1.165) is 12.2 Å². The maximum absolute atomic E-state index is 5.41. The minimum atomic E-state index is 0.313. The topological polar surface area (TPSA) is 9.23 Å². The summed E-state index contributed by atoms with van der Waals surface area (Å²) < 4.78 is 5.41. The first-order valence-corrected chi connectivity index (χ1v) is 3.79. The largest absolute Gasteiger partial charge is 0.494 e. The number of hydrogen-bond donors (Lipinski definition) is 1. The number of allylic oxidation sites excluding steroid dienone is 1. The van der Waals surface area contributed by atoms with Crippen molar-refractivity contribution in [2.24, 2.45) is 0 Å². The van der Waals surface area contributed by atoms with Gasteiger partial charge in [-0.25, -0.2) is 0 Å². The molecule has 1 aliphatic rings. The van der Waals surface area contributed by atoms with Crippen LogP contribution in [0.2, 0.25) is 0 Å². The molecule has 0 saturated heterocycles. The van der Waals surface area contributed by atoms with E-state index in [0.29, 0.717) is 11.4 Å².